The fourth-order valence-corrected chi connectivity index (χ4v) is 2.65. The number of halogens is 1. The zero-order chi connectivity index (χ0) is 17.1. The van der Waals surface area contributed by atoms with Crippen LogP contribution >= 0.6 is 24.0 Å². The van der Waals surface area contributed by atoms with Crippen molar-refractivity contribution >= 4 is 40.0 Å². The van der Waals surface area contributed by atoms with E-state index in [1.807, 2.05) is 18.2 Å². The van der Waals surface area contributed by atoms with Crippen molar-refractivity contribution < 1.29 is 8.42 Å². The van der Waals surface area contributed by atoms with Gasteiger partial charge in [0, 0.05) is 26.7 Å². The Labute approximate surface area is 163 Å². The number of sulfonamides is 1. The van der Waals surface area contributed by atoms with E-state index in [9.17, 15) is 8.42 Å². The second-order valence-electron chi connectivity index (χ2n) is 5.34. The molecule has 0 aromatic heterocycles. The van der Waals surface area contributed by atoms with Crippen LogP contribution < -0.4 is 15.4 Å². The van der Waals surface area contributed by atoms with Crippen molar-refractivity contribution in [3.05, 3.63) is 35.9 Å². The van der Waals surface area contributed by atoms with E-state index < -0.39 is 10.0 Å². The number of nitrogens with one attached hydrogen (secondary N) is 3. The molecule has 0 saturated carbocycles. The standard InChI is InChI=1S/C16H28N4O2S.HI/c1-4-23(21,22)20-12-8-11-18-16(17-3)19-13-14(2)15-9-6-5-7-10-15;/h5-7,9-10,14,20H,4,8,11-13H2,1-3H3,(H2,17,18,19);1H. The van der Waals surface area contributed by atoms with Crippen LogP contribution in [0.4, 0.5) is 0 Å². The van der Waals surface area contributed by atoms with Crippen molar-refractivity contribution in [2.24, 2.45) is 4.99 Å². The van der Waals surface area contributed by atoms with Gasteiger partial charge in [0.25, 0.3) is 0 Å². The van der Waals surface area contributed by atoms with Crippen molar-refractivity contribution in [2.75, 3.05) is 32.4 Å². The first-order valence-electron chi connectivity index (χ1n) is 7.95. The first-order chi connectivity index (χ1) is 11.0. The second-order valence-corrected chi connectivity index (χ2v) is 7.44. The van der Waals surface area contributed by atoms with Crippen molar-refractivity contribution in [3.8, 4) is 0 Å². The van der Waals surface area contributed by atoms with E-state index in [0.29, 0.717) is 25.4 Å². The summed E-state index contributed by atoms with van der Waals surface area (Å²) in [7, 11) is -1.38. The Kier molecular flexibility index (Phi) is 12.0. The van der Waals surface area contributed by atoms with E-state index in [0.717, 1.165) is 12.5 Å². The van der Waals surface area contributed by atoms with Gasteiger partial charge in [0.15, 0.2) is 5.96 Å². The van der Waals surface area contributed by atoms with Crippen LogP contribution in [0.15, 0.2) is 35.3 Å². The second kappa shape index (κ2) is 12.5. The Morgan fingerprint density at radius 2 is 1.83 bits per heavy atom. The third kappa shape index (κ3) is 9.43. The van der Waals surface area contributed by atoms with Gasteiger partial charge in [-0.15, -0.1) is 24.0 Å². The van der Waals surface area contributed by atoms with E-state index in [2.05, 4.69) is 39.4 Å². The molecule has 0 amide bonds. The Balaban J connectivity index is 0.00000529. The lowest BCUT2D eigenvalue weighted by Gasteiger charge is -2.16. The van der Waals surface area contributed by atoms with Crippen molar-refractivity contribution in [1.29, 1.82) is 0 Å². The summed E-state index contributed by atoms with van der Waals surface area (Å²) in [6.07, 6.45) is 0.703. The molecule has 1 aromatic rings. The van der Waals surface area contributed by atoms with Gasteiger partial charge in [0.05, 0.1) is 5.75 Å². The van der Waals surface area contributed by atoms with Crippen molar-refractivity contribution in [1.82, 2.24) is 15.4 Å². The minimum atomic E-state index is -3.10. The van der Waals surface area contributed by atoms with E-state index >= 15 is 0 Å². The van der Waals surface area contributed by atoms with Gasteiger partial charge in [-0.3, -0.25) is 4.99 Å². The predicted molar refractivity (Wildman–Crippen MR) is 112 cm³/mol. The Hall–Kier alpha value is -0.870. The highest BCUT2D eigenvalue weighted by molar-refractivity contribution is 14.0. The molecule has 1 atom stereocenters. The SMILES string of the molecule is CCS(=O)(=O)NCCCNC(=NC)NCC(C)c1ccccc1.I. The summed E-state index contributed by atoms with van der Waals surface area (Å²) in [6, 6.07) is 10.3. The summed E-state index contributed by atoms with van der Waals surface area (Å²) in [6.45, 7) is 5.66. The van der Waals surface area contributed by atoms with Crippen molar-refractivity contribution in [3.63, 3.8) is 0 Å². The lowest BCUT2D eigenvalue weighted by atomic mass is 10.0. The number of guanidine groups is 1. The molecule has 3 N–H and O–H groups in total. The maximum Gasteiger partial charge on any atom is 0.211 e. The van der Waals surface area contributed by atoms with Crippen LogP contribution in [0, 0.1) is 0 Å². The number of hydrogen-bond acceptors (Lipinski definition) is 3. The van der Waals surface area contributed by atoms with E-state index in [1.165, 1.54) is 5.56 Å². The molecule has 0 aliphatic rings. The number of hydrogen-bond donors (Lipinski definition) is 3. The third-order valence-corrected chi connectivity index (χ3v) is 4.92. The molecule has 1 rings (SSSR count). The van der Waals surface area contributed by atoms with Gasteiger partial charge in [-0.05, 0) is 24.8 Å². The van der Waals surface area contributed by atoms with Gasteiger partial charge in [-0.25, -0.2) is 13.1 Å². The summed E-state index contributed by atoms with van der Waals surface area (Å²) >= 11 is 0. The Morgan fingerprint density at radius 3 is 2.42 bits per heavy atom. The summed E-state index contributed by atoms with van der Waals surface area (Å²) in [5.41, 5.74) is 1.28. The molecule has 0 aliphatic heterocycles. The molecule has 0 saturated heterocycles. The lowest BCUT2D eigenvalue weighted by Crippen LogP contribution is -2.40. The highest BCUT2D eigenvalue weighted by Gasteiger charge is 2.07. The van der Waals surface area contributed by atoms with Crippen LogP contribution in [-0.4, -0.2) is 46.8 Å². The van der Waals surface area contributed by atoms with Crippen LogP contribution in [0.3, 0.4) is 0 Å². The first kappa shape index (κ1) is 23.1. The molecule has 0 aliphatic carbocycles. The van der Waals surface area contributed by atoms with Gasteiger partial charge in [-0.1, -0.05) is 37.3 Å². The molecule has 1 aromatic carbocycles. The van der Waals surface area contributed by atoms with Crippen LogP contribution in [-0.2, 0) is 10.0 Å². The summed E-state index contributed by atoms with van der Waals surface area (Å²) in [5.74, 6) is 1.22. The van der Waals surface area contributed by atoms with Crippen LogP contribution in [0.1, 0.15) is 31.7 Å². The van der Waals surface area contributed by atoms with E-state index in [4.69, 9.17) is 0 Å². The Bertz CT molecular complexity index is 579. The fourth-order valence-electron chi connectivity index (χ4n) is 1.99. The maximum absolute atomic E-state index is 11.3. The fraction of sp³-hybridized carbons (Fsp3) is 0.562. The predicted octanol–water partition coefficient (Wildman–Crippen LogP) is 1.90. The molecular weight excluding hydrogens is 439 g/mol. The van der Waals surface area contributed by atoms with Crippen LogP contribution in [0.25, 0.3) is 0 Å². The minimum absolute atomic E-state index is 0. The van der Waals surface area contributed by atoms with Crippen molar-refractivity contribution in [2.45, 2.75) is 26.2 Å². The number of aliphatic imine (C=N–C) groups is 1. The Morgan fingerprint density at radius 1 is 1.17 bits per heavy atom. The molecule has 6 nitrogen and oxygen atoms in total. The highest BCUT2D eigenvalue weighted by Crippen LogP contribution is 2.12. The zero-order valence-electron chi connectivity index (χ0n) is 14.6. The normalized spacial score (nSPS) is 13.0. The topological polar surface area (TPSA) is 82.6 Å². The maximum atomic E-state index is 11.3. The average molecular weight is 468 g/mol. The van der Waals surface area contributed by atoms with Gasteiger partial charge in [0.1, 0.15) is 0 Å². The zero-order valence-corrected chi connectivity index (χ0v) is 17.7. The first-order valence-corrected chi connectivity index (χ1v) is 9.60. The number of rotatable bonds is 9. The lowest BCUT2D eigenvalue weighted by molar-refractivity contribution is 0.579. The quantitative estimate of drug-likeness (QED) is 0.224. The average Bonchev–Trinajstić information content (AvgIpc) is 2.57. The summed E-state index contributed by atoms with van der Waals surface area (Å²) in [5, 5.41) is 6.47. The molecule has 1 unspecified atom stereocenters. The molecule has 0 bridgehead atoms. The largest absolute Gasteiger partial charge is 0.356 e. The van der Waals surface area contributed by atoms with Crippen LogP contribution in [0.2, 0.25) is 0 Å². The monoisotopic (exact) mass is 468 g/mol. The van der Waals surface area contributed by atoms with E-state index in [-0.39, 0.29) is 29.7 Å². The van der Waals surface area contributed by atoms with Gasteiger partial charge >= 0.3 is 0 Å². The molecule has 0 heterocycles. The van der Waals surface area contributed by atoms with Gasteiger partial charge < -0.3 is 10.6 Å². The van der Waals surface area contributed by atoms with Gasteiger partial charge in [0.2, 0.25) is 10.0 Å². The highest BCUT2D eigenvalue weighted by atomic mass is 127. The van der Waals surface area contributed by atoms with Gasteiger partial charge in [-0.2, -0.15) is 0 Å². The number of nitrogens with zero attached hydrogens (tertiary/aromatic N) is 1. The number of benzene rings is 1. The van der Waals surface area contributed by atoms with E-state index in [1.54, 1.807) is 14.0 Å². The molecule has 24 heavy (non-hydrogen) atoms. The molecule has 8 heteroatoms. The molecule has 0 fully saturated rings. The molecule has 0 radical (unpaired) electrons. The molecule has 0 spiro atoms. The minimum Gasteiger partial charge on any atom is -0.356 e. The third-order valence-electron chi connectivity index (χ3n) is 3.52. The molecule has 138 valence electrons. The summed E-state index contributed by atoms with van der Waals surface area (Å²) < 4.78 is 25.1. The molecular formula is C16H29IN4O2S. The van der Waals surface area contributed by atoms with Crippen LogP contribution in [0.5, 0.6) is 0 Å². The smallest absolute Gasteiger partial charge is 0.211 e. The summed E-state index contributed by atoms with van der Waals surface area (Å²) in [4.78, 5) is 4.17.